The van der Waals surface area contributed by atoms with Crippen molar-refractivity contribution in [1.29, 1.82) is 0 Å². The number of hydrogen-bond donors (Lipinski definition) is 1. The predicted octanol–water partition coefficient (Wildman–Crippen LogP) is 1.59. The van der Waals surface area contributed by atoms with E-state index in [-0.39, 0.29) is 6.03 Å². The fourth-order valence-corrected chi connectivity index (χ4v) is 1.77. The van der Waals surface area contributed by atoms with Crippen LogP contribution in [0.5, 0.6) is 0 Å². The molecule has 0 saturated heterocycles. The van der Waals surface area contributed by atoms with E-state index >= 15 is 0 Å². The fraction of sp³-hybridized carbons (Fsp3) is 0.727. The summed E-state index contributed by atoms with van der Waals surface area (Å²) >= 11 is 0. The van der Waals surface area contributed by atoms with Gasteiger partial charge in [-0.05, 0) is 19.8 Å². The lowest BCUT2D eigenvalue weighted by Gasteiger charge is -2.21. The van der Waals surface area contributed by atoms with Gasteiger partial charge in [0.1, 0.15) is 0 Å². The maximum absolute atomic E-state index is 11.6. The van der Waals surface area contributed by atoms with Crippen LogP contribution in [0.25, 0.3) is 0 Å². The number of rotatable bonds is 3. The number of terminal acetylenes is 1. The summed E-state index contributed by atoms with van der Waals surface area (Å²) in [5.41, 5.74) is 0. The van der Waals surface area contributed by atoms with Crippen molar-refractivity contribution in [3.05, 3.63) is 0 Å². The van der Waals surface area contributed by atoms with Crippen molar-refractivity contribution in [1.82, 2.24) is 10.2 Å². The van der Waals surface area contributed by atoms with Crippen LogP contribution in [0.2, 0.25) is 0 Å². The van der Waals surface area contributed by atoms with Crippen LogP contribution in [0, 0.1) is 12.3 Å². The second-order valence-electron chi connectivity index (χ2n) is 3.65. The van der Waals surface area contributed by atoms with E-state index in [9.17, 15) is 4.79 Å². The number of carbonyl (C=O) groups excluding carboxylic acids is 1. The standard InChI is InChI=1S/C11H18N2O/c1-3-9-13(4-2)11(14)12-10-7-5-6-8-10/h1,10H,4-9H2,2H3,(H,12,14). The molecule has 0 unspecified atom stereocenters. The first-order valence-corrected chi connectivity index (χ1v) is 5.26. The molecule has 1 rings (SSSR count). The van der Waals surface area contributed by atoms with Gasteiger partial charge in [-0.15, -0.1) is 6.42 Å². The van der Waals surface area contributed by atoms with Gasteiger partial charge in [0.15, 0.2) is 0 Å². The highest BCUT2D eigenvalue weighted by Gasteiger charge is 2.19. The van der Waals surface area contributed by atoms with Crippen molar-refractivity contribution in [2.24, 2.45) is 0 Å². The normalized spacial score (nSPS) is 16.3. The Hall–Kier alpha value is -1.17. The molecular formula is C11H18N2O. The molecule has 0 aromatic heterocycles. The van der Waals surface area contributed by atoms with Gasteiger partial charge in [0.25, 0.3) is 0 Å². The van der Waals surface area contributed by atoms with Gasteiger partial charge in [-0.2, -0.15) is 0 Å². The number of carbonyl (C=O) groups is 1. The smallest absolute Gasteiger partial charge is 0.318 e. The zero-order valence-electron chi connectivity index (χ0n) is 8.75. The Morgan fingerprint density at radius 1 is 1.57 bits per heavy atom. The van der Waals surface area contributed by atoms with Crippen molar-refractivity contribution in [2.45, 2.75) is 38.6 Å². The Balaban J connectivity index is 2.35. The second-order valence-corrected chi connectivity index (χ2v) is 3.65. The highest BCUT2D eigenvalue weighted by atomic mass is 16.2. The maximum atomic E-state index is 11.6. The zero-order valence-corrected chi connectivity index (χ0v) is 8.75. The van der Waals surface area contributed by atoms with Gasteiger partial charge in [0.05, 0.1) is 6.54 Å². The van der Waals surface area contributed by atoms with E-state index in [0.717, 1.165) is 12.8 Å². The van der Waals surface area contributed by atoms with E-state index in [4.69, 9.17) is 6.42 Å². The summed E-state index contributed by atoms with van der Waals surface area (Å²) in [5, 5.41) is 3.01. The molecule has 14 heavy (non-hydrogen) atoms. The van der Waals surface area contributed by atoms with Crippen LogP contribution in [0.3, 0.4) is 0 Å². The lowest BCUT2D eigenvalue weighted by atomic mass is 10.2. The van der Waals surface area contributed by atoms with Crippen LogP contribution in [-0.4, -0.2) is 30.1 Å². The average molecular weight is 194 g/mol. The molecule has 1 N–H and O–H groups in total. The molecule has 1 fully saturated rings. The Morgan fingerprint density at radius 3 is 2.71 bits per heavy atom. The van der Waals surface area contributed by atoms with Gasteiger partial charge in [0, 0.05) is 12.6 Å². The third kappa shape index (κ3) is 2.95. The molecular weight excluding hydrogens is 176 g/mol. The minimum absolute atomic E-state index is 0.0163. The number of amides is 2. The molecule has 0 spiro atoms. The Bertz CT molecular complexity index is 226. The third-order valence-corrected chi connectivity index (χ3v) is 2.63. The van der Waals surface area contributed by atoms with Crippen LogP contribution in [-0.2, 0) is 0 Å². The highest BCUT2D eigenvalue weighted by Crippen LogP contribution is 2.17. The molecule has 3 nitrogen and oxygen atoms in total. The maximum Gasteiger partial charge on any atom is 0.318 e. The molecule has 3 heteroatoms. The van der Waals surface area contributed by atoms with Gasteiger partial charge in [0.2, 0.25) is 0 Å². The lowest BCUT2D eigenvalue weighted by Crippen LogP contribution is -2.44. The Kier molecular flexibility index (Phi) is 4.31. The molecule has 1 aliphatic carbocycles. The summed E-state index contributed by atoms with van der Waals surface area (Å²) in [6, 6.07) is 0.353. The van der Waals surface area contributed by atoms with E-state index in [1.165, 1.54) is 12.8 Å². The lowest BCUT2D eigenvalue weighted by molar-refractivity contribution is 0.202. The van der Waals surface area contributed by atoms with Gasteiger partial charge in [-0.25, -0.2) is 4.79 Å². The molecule has 2 amide bonds. The minimum atomic E-state index is -0.0163. The van der Waals surface area contributed by atoms with Gasteiger partial charge in [-0.1, -0.05) is 18.8 Å². The zero-order chi connectivity index (χ0) is 10.4. The Labute approximate surface area is 85.9 Å². The number of nitrogens with zero attached hydrogens (tertiary/aromatic N) is 1. The number of hydrogen-bond acceptors (Lipinski definition) is 1. The van der Waals surface area contributed by atoms with E-state index in [0.29, 0.717) is 19.1 Å². The summed E-state index contributed by atoms with van der Waals surface area (Å²) in [5.74, 6) is 2.49. The van der Waals surface area contributed by atoms with Crippen molar-refractivity contribution in [2.75, 3.05) is 13.1 Å². The van der Waals surface area contributed by atoms with Gasteiger partial charge < -0.3 is 10.2 Å². The highest BCUT2D eigenvalue weighted by molar-refractivity contribution is 5.74. The first kappa shape index (κ1) is 10.9. The molecule has 78 valence electrons. The molecule has 0 atom stereocenters. The molecule has 0 aromatic rings. The van der Waals surface area contributed by atoms with Crippen LogP contribution in [0.15, 0.2) is 0 Å². The van der Waals surface area contributed by atoms with E-state index in [1.54, 1.807) is 4.90 Å². The van der Waals surface area contributed by atoms with Crippen LogP contribution in [0.1, 0.15) is 32.6 Å². The summed E-state index contributed by atoms with van der Waals surface area (Å²) < 4.78 is 0. The second kappa shape index (κ2) is 5.54. The van der Waals surface area contributed by atoms with Crippen LogP contribution in [0.4, 0.5) is 4.79 Å². The molecule has 1 aliphatic rings. The van der Waals surface area contributed by atoms with Crippen LogP contribution < -0.4 is 5.32 Å². The molecule has 0 heterocycles. The average Bonchev–Trinajstić information content (AvgIpc) is 2.66. The summed E-state index contributed by atoms with van der Waals surface area (Å²) in [7, 11) is 0. The summed E-state index contributed by atoms with van der Waals surface area (Å²) in [4.78, 5) is 13.3. The molecule has 1 saturated carbocycles. The quantitative estimate of drug-likeness (QED) is 0.680. The number of nitrogens with one attached hydrogen (secondary N) is 1. The Morgan fingerprint density at radius 2 is 2.21 bits per heavy atom. The van der Waals surface area contributed by atoms with E-state index < -0.39 is 0 Å². The van der Waals surface area contributed by atoms with Crippen molar-refractivity contribution < 1.29 is 4.79 Å². The number of urea groups is 1. The molecule has 0 bridgehead atoms. The summed E-state index contributed by atoms with van der Waals surface area (Å²) in [6.07, 6.45) is 9.86. The van der Waals surface area contributed by atoms with Gasteiger partial charge >= 0.3 is 6.03 Å². The minimum Gasteiger partial charge on any atom is -0.335 e. The van der Waals surface area contributed by atoms with E-state index in [1.807, 2.05) is 6.92 Å². The molecule has 0 aliphatic heterocycles. The SMILES string of the molecule is C#CCN(CC)C(=O)NC1CCCC1. The van der Waals surface area contributed by atoms with Crippen molar-refractivity contribution in [3.63, 3.8) is 0 Å². The van der Waals surface area contributed by atoms with Crippen molar-refractivity contribution >= 4 is 6.03 Å². The van der Waals surface area contributed by atoms with Gasteiger partial charge in [-0.3, -0.25) is 0 Å². The fourth-order valence-electron chi connectivity index (χ4n) is 1.77. The predicted molar refractivity (Wildman–Crippen MR) is 56.9 cm³/mol. The molecule has 0 aromatic carbocycles. The first-order chi connectivity index (χ1) is 6.77. The summed E-state index contributed by atoms with van der Waals surface area (Å²) in [6.45, 7) is 3.00. The van der Waals surface area contributed by atoms with Crippen LogP contribution >= 0.6 is 0 Å². The van der Waals surface area contributed by atoms with Crippen molar-refractivity contribution in [3.8, 4) is 12.3 Å². The topological polar surface area (TPSA) is 32.3 Å². The molecule has 0 radical (unpaired) electrons. The third-order valence-electron chi connectivity index (χ3n) is 2.63. The largest absolute Gasteiger partial charge is 0.335 e. The monoisotopic (exact) mass is 194 g/mol. The van der Waals surface area contributed by atoms with E-state index in [2.05, 4.69) is 11.2 Å². The first-order valence-electron chi connectivity index (χ1n) is 5.26.